The topological polar surface area (TPSA) is 49.9 Å². The number of hydrogen-bond acceptors (Lipinski definition) is 4. The molecule has 0 bridgehead atoms. The summed E-state index contributed by atoms with van der Waals surface area (Å²) in [4.78, 5) is 30.2. The van der Waals surface area contributed by atoms with Gasteiger partial charge in [0.15, 0.2) is 0 Å². The first-order valence-corrected chi connectivity index (χ1v) is 11.0. The van der Waals surface area contributed by atoms with Gasteiger partial charge in [0.25, 0.3) is 0 Å². The van der Waals surface area contributed by atoms with E-state index in [4.69, 9.17) is 16.3 Å². The number of rotatable bonds is 11. The monoisotopic (exact) mass is 436 g/mol. The summed E-state index contributed by atoms with van der Waals surface area (Å²) in [7, 11) is 1.62. The SMILES string of the molecule is COCCCN(CC(=O)N(Cc1ccccc1)Cc1sccc1C)C(=O)C(C)Cl. The van der Waals surface area contributed by atoms with E-state index in [2.05, 4.69) is 6.07 Å². The van der Waals surface area contributed by atoms with E-state index >= 15 is 0 Å². The van der Waals surface area contributed by atoms with Crippen LogP contribution in [0.2, 0.25) is 0 Å². The van der Waals surface area contributed by atoms with Gasteiger partial charge in [0, 0.05) is 31.7 Å². The second-order valence-electron chi connectivity index (χ2n) is 6.98. The molecule has 0 radical (unpaired) electrons. The molecule has 0 saturated carbocycles. The molecule has 5 nitrogen and oxygen atoms in total. The van der Waals surface area contributed by atoms with Crippen molar-refractivity contribution in [2.24, 2.45) is 0 Å². The molecule has 0 spiro atoms. The summed E-state index contributed by atoms with van der Waals surface area (Å²) in [5, 5.41) is 1.36. The molecule has 29 heavy (non-hydrogen) atoms. The zero-order chi connectivity index (χ0) is 21.2. The van der Waals surface area contributed by atoms with E-state index in [0.717, 1.165) is 10.4 Å². The number of ether oxygens (including phenoxy) is 1. The lowest BCUT2D eigenvalue weighted by molar-refractivity contribution is -0.141. The van der Waals surface area contributed by atoms with Crippen LogP contribution >= 0.6 is 22.9 Å². The zero-order valence-electron chi connectivity index (χ0n) is 17.3. The summed E-state index contributed by atoms with van der Waals surface area (Å²) < 4.78 is 5.08. The fourth-order valence-corrected chi connectivity index (χ4v) is 4.02. The quantitative estimate of drug-likeness (QED) is 0.394. The molecule has 7 heteroatoms. The average Bonchev–Trinajstić information content (AvgIpc) is 3.11. The number of thiophene rings is 1. The van der Waals surface area contributed by atoms with Crippen LogP contribution in [-0.2, 0) is 27.4 Å². The molecule has 0 aliphatic heterocycles. The molecule has 0 saturated heterocycles. The molecule has 2 aromatic rings. The van der Waals surface area contributed by atoms with Crippen LogP contribution < -0.4 is 0 Å². The average molecular weight is 437 g/mol. The molecule has 0 aliphatic rings. The second-order valence-corrected chi connectivity index (χ2v) is 8.64. The summed E-state index contributed by atoms with van der Waals surface area (Å²) in [6.07, 6.45) is 0.655. The number of amides is 2. The molecule has 1 unspecified atom stereocenters. The van der Waals surface area contributed by atoms with E-state index in [-0.39, 0.29) is 18.4 Å². The number of methoxy groups -OCH3 is 1. The van der Waals surface area contributed by atoms with Gasteiger partial charge in [-0.2, -0.15) is 0 Å². The van der Waals surface area contributed by atoms with E-state index in [1.807, 2.05) is 47.5 Å². The van der Waals surface area contributed by atoms with Gasteiger partial charge < -0.3 is 14.5 Å². The summed E-state index contributed by atoms with van der Waals surface area (Å²) >= 11 is 7.66. The number of carbonyl (C=O) groups excluding carboxylic acids is 2. The molecule has 158 valence electrons. The van der Waals surface area contributed by atoms with Crippen molar-refractivity contribution < 1.29 is 14.3 Å². The van der Waals surface area contributed by atoms with E-state index < -0.39 is 5.38 Å². The van der Waals surface area contributed by atoms with Crippen molar-refractivity contribution in [3.05, 3.63) is 57.8 Å². The lowest BCUT2D eigenvalue weighted by Gasteiger charge is -2.28. The first kappa shape index (κ1) is 23.4. The van der Waals surface area contributed by atoms with Crippen LogP contribution in [0.25, 0.3) is 0 Å². The Bertz CT molecular complexity index is 779. The van der Waals surface area contributed by atoms with Crippen molar-refractivity contribution in [1.82, 2.24) is 9.80 Å². The van der Waals surface area contributed by atoms with Crippen molar-refractivity contribution in [3.63, 3.8) is 0 Å². The van der Waals surface area contributed by atoms with Gasteiger partial charge in [0.05, 0.1) is 13.1 Å². The van der Waals surface area contributed by atoms with Gasteiger partial charge in [-0.3, -0.25) is 9.59 Å². The predicted molar refractivity (Wildman–Crippen MR) is 118 cm³/mol. The van der Waals surface area contributed by atoms with E-state index in [1.54, 1.807) is 25.4 Å². The first-order valence-electron chi connectivity index (χ1n) is 9.68. The third kappa shape index (κ3) is 7.46. The lowest BCUT2D eigenvalue weighted by Crippen LogP contribution is -2.45. The minimum atomic E-state index is -0.674. The maximum atomic E-state index is 13.2. The predicted octanol–water partition coefficient (Wildman–Crippen LogP) is 4.08. The number of carbonyl (C=O) groups is 2. The number of hydrogen-bond donors (Lipinski definition) is 0. The molecule has 2 amide bonds. The van der Waals surface area contributed by atoms with E-state index in [1.165, 1.54) is 10.5 Å². The summed E-state index contributed by atoms with van der Waals surface area (Å²) in [5.74, 6) is -0.326. The van der Waals surface area contributed by atoms with Crippen molar-refractivity contribution in [2.45, 2.75) is 38.7 Å². The maximum Gasteiger partial charge on any atom is 0.242 e. The van der Waals surface area contributed by atoms with Crippen LogP contribution in [0.1, 0.15) is 29.3 Å². The Hall–Kier alpha value is -1.89. The Morgan fingerprint density at radius 1 is 1.14 bits per heavy atom. The Kier molecular flexibility index (Phi) is 9.64. The number of benzene rings is 1. The van der Waals surface area contributed by atoms with Crippen LogP contribution in [0.3, 0.4) is 0 Å². The zero-order valence-corrected chi connectivity index (χ0v) is 18.8. The molecule has 1 aromatic heterocycles. The molecule has 1 heterocycles. The first-order chi connectivity index (χ1) is 13.9. The molecule has 0 N–H and O–H groups in total. The van der Waals surface area contributed by atoms with Crippen molar-refractivity contribution in [3.8, 4) is 0 Å². The minimum absolute atomic E-state index is 0.0108. The highest BCUT2D eigenvalue weighted by molar-refractivity contribution is 7.10. The van der Waals surface area contributed by atoms with Gasteiger partial charge >= 0.3 is 0 Å². The summed E-state index contributed by atoms with van der Waals surface area (Å²) in [6, 6.07) is 11.9. The highest BCUT2D eigenvalue weighted by Crippen LogP contribution is 2.20. The van der Waals surface area contributed by atoms with Crippen LogP contribution in [0.4, 0.5) is 0 Å². The van der Waals surface area contributed by atoms with Crippen molar-refractivity contribution in [2.75, 3.05) is 26.8 Å². The van der Waals surface area contributed by atoms with Crippen LogP contribution in [-0.4, -0.2) is 53.8 Å². The molecule has 1 aromatic carbocycles. The van der Waals surface area contributed by atoms with Crippen LogP contribution in [0.5, 0.6) is 0 Å². The van der Waals surface area contributed by atoms with E-state index in [0.29, 0.717) is 32.7 Å². The Balaban J connectivity index is 2.16. The standard InChI is InChI=1S/C22H29ClN2O3S/c1-17-10-13-29-20(17)15-25(14-19-8-5-4-6-9-19)21(26)16-24(11-7-12-28-3)22(27)18(2)23/h4-6,8-10,13,18H,7,11-12,14-16H2,1-3H3. The van der Waals surface area contributed by atoms with Gasteiger partial charge in [-0.15, -0.1) is 22.9 Å². The van der Waals surface area contributed by atoms with Gasteiger partial charge in [0.2, 0.25) is 11.8 Å². The Morgan fingerprint density at radius 3 is 2.45 bits per heavy atom. The van der Waals surface area contributed by atoms with Gasteiger partial charge in [-0.25, -0.2) is 0 Å². The summed E-state index contributed by atoms with van der Waals surface area (Å²) in [6.45, 7) is 5.67. The summed E-state index contributed by atoms with van der Waals surface area (Å²) in [5.41, 5.74) is 2.22. The van der Waals surface area contributed by atoms with E-state index in [9.17, 15) is 9.59 Å². The number of alkyl halides is 1. The highest BCUT2D eigenvalue weighted by atomic mass is 35.5. The Morgan fingerprint density at radius 2 is 1.86 bits per heavy atom. The van der Waals surface area contributed by atoms with Crippen molar-refractivity contribution in [1.29, 1.82) is 0 Å². The molecular weight excluding hydrogens is 408 g/mol. The second kappa shape index (κ2) is 12.0. The smallest absolute Gasteiger partial charge is 0.242 e. The molecule has 2 rings (SSSR count). The molecule has 0 fully saturated rings. The molecular formula is C22H29ClN2O3S. The molecule has 1 atom stereocenters. The van der Waals surface area contributed by atoms with Crippen molar-refractivity contribution >= 4 is 34.8 Å². The lowest BCUT2D eigenvalue weighted by atomic mass is 10.2. The van der Waals surface area contributed by atoms with Crippen LogP contribution in [0, 0.1) is 6.92 Å². The van der Waals surface area contributed by atoms with Crippen LogP contribution in [0.15, 0.2) is 41.8 Å². The number of halogens is 1. The fourth-order valence-electron chi connectivity index (χ4n) is 2.96. The Labute approximate surface area is 182 Å². The number of aryl methyl sites for hydroxylation is 1. The maximum absolute atomic E-state index is 13.2. The van der Waals surface area contributed by atoms with Gasteiger partial charge in [0.1, 0.15) is 5.38 Å². The fraction of sp³-hybridized carbons (Fsp3) is 0.455. The van der Waals surface area contributed by atoms with Gasteiger partial charge in [-0.05, 0) is 42.8 Å². The highest BCUT2D eigenvalue weighted by Gasteiger charge is 2.24. The minimum Gasteiger partial charge on any atom is -0.385 e. The number of nitrogens with zero attached hydrogens (tertiary/aromatic N) is 2. The normalized spacial score (nSPS) is 11.9. The third-order valence-corrected chi connectivity index (χ3v) is 5.82. The third-order valence-electron chi connectivity index (χ3n) is 4.63. The van der Waals surface area contributed by atoms with Gasteiger partial charge in [-0.1, -0.05) is 30.3 Å². The molecule has 0 aliphatic carbocycles. The largest absolute Gasteiger partial charge is 0.385 e.